The summed E-state index contributed by atoms with van der Waals surface area (Å²) in [5.74, 6) is 1.30. The van der Waals surface area contributed by atoms with Crippen LogP contribution in [0.3, 0.4) is 0 Å². The summed E-state index contributed by atoms with van der Waals surface area (Å²) in [5, 5.41) is 11.4. The first kappa shape index (κ1) is 23.4. The lowest BCUT2D eigenvalue weighted by atomic mass is 10.2. The average Bonchev–Trinajstić information content (AvgIpc) is 3.16. The molecule has 0 radical (unpaired) electrons. The number of carbonyl (C=O) groups excluding carboxylic acids is 2. The van der Waals surface area contributed by atoms with E-state index in [-0.39, 0.29) is 12.4 Å². The number of aryl methyl sites for hydroxylation is 1. The van der Waals surface area contributed by atoms with Gasteiger partial charge in [-0.25, -0.2) is 4.79 Å². The largest absolute Gasteiger partial charge is 0.494 e. The lowest BCUT2D eigenvalue weighted by molar-refractivity contribution is -0.117. The Labute approximate surface area is 194 Å². The first-order valence-electron chi connectivity index (χ1n) is 9.66. The van der Waals surface area contributed by atoms with E-state index in [1.807, 2.05) is 43.4 Å². The van der Waals surface area contributed by atoms with Crippen LogP contribution in [0.2, 0.25) is 5.02 Å². The van der Waals surface area contributed by atoms with Gasteiger partial charge in [-0.15, -0.1) is 10.2 Å². The number of nitrogens with zero attached hydrogens (tertiary/aromatic N) is 3. The normalized spacial score (nSPS) is 10.6. The highest BCUT2D eigenvalue weighted by Crippen LogP contribution is 2.26. The van der Waals surface area contributed by atoms with E-state index in [1.165, 1.54) is 0 Å². The van der Waals surface area contributed by atoms with E-state index in [0.717, 1.165) is 23.1 Å². The molecule has 0 atom stereocenters. The van der Waals surface area contributed by atoms with E-state index >= 15 is 0 Å². The Balaban J connectivity index is 1.82. The summed E-state index contributed by atoms with van der Waals surface area (Å²) < 4.78 is 13.1. The summed E-state index contributed by atoms with van der Waals surface area (Å²) in [6, 6.07) is 11.9. The number of aromatic nitrogens is 3. The van der Waals surface area contributed by atoms with Crippen molar-refractivity contribution in [3.8, 4) is 17.2 Å². The number of thioether (sulfide) groups is 1. The number of carbonyl (C=O) groups is 2. The summed E-state index contributed by atoms with van der Waals surface area (Å²) in [5.41, 5.74) is 6.63. The van der Waals surface area contributed by atoms with Crippen LogP contribution in [-0.2, 0) is 11.4 Å². The number of urea groups is 1. The zero-order chi connectivity index (χ0) is 23.1. The van der Waals surface area contributed by atoms with Crippen molar-refractivity contribution >= 4 is 35.3 Å². The molecule has 0 fully saturated rings. The Morgan fingerprint density at radius 3 is 2.44 bits per heavy atom. The fourth-order valence-electron chi connectivity index (χ4n) is 2.72. The second kappa shape index (κ2) is 10.9. The minimum absolute atomic E-state index is 0.0690. The van der Waals surface area contributed by atoms with Crippen LogP contribution in [0.1, 0.15) is 18.3 Å². The van der Waals surface area contributed by atoms with E-state index in [0.29, 0.717) is 34.0 Å². The van der Waals surface area contributed by atoms with Crippen LogP contribution in [0.4, 0.5) is 4.79 Å². The van der Waals surface area contributed by atoms with Crippen molar-refractivity contribution in [2.45, 2.75) is 25.6 Å². The van der Waals surface area contributed by atoms with Gasteiger partial charge in [-0.3, -0.25) is 14.7 Å². The summed E-state index contributed by atoms with van der Waals surface area (Å²) in [7, 11) is 0. The van der Waals surface area contributed by atoms with Crippen molar-refractivity contribution in [2.75, 3.05) is 12.4 Å². The predicted octanol–water partition coefficient (Wildman–Crippen LogP) is 3.49. The molecule has 11 heteroatoms. The molecule has 3 rings (SSSR count). The SMILES string of the molecule is CCOc1ccc(OCc2nnc(SCC(=O)NC(N)=O)n2-c2ccc(C)c(Cl)c2)cc1. The lowest BCUT2D eigenvalue weighted by Gasteiger charge is -2.12. The molecule has 0 aliphatic rings. The van der Waals surface area contributed by atoms with Gasteiger partial charge in [0.15, 0.2) is 11.0 Å². The van der Waals surface area contributed by atoms with Gasteiger partial charge in [-0.2, -0.15) is 0 Å². The molecule has 168 valence electrons. The number of primary amides is 1. The Kier molecular flexibility index (Phi) is 7.96. The number of hydrogen-bond donors (Lipinski definition) is 2. The van der Waals surface area contributed by atoms with Crippen LogP contribution < -0.4 is 20.5 Å². The molecule has 0 aliphatic carbocycles. The summed E-state index contributed by atoms with van der Waals surface area (Å²) in [6.07, 6.45) is 0. The minimum Gasteiger partial charge on any atom is -0.494 e. The fraction of sp³-hybridized carbons (Fsp3) is 0.238. The van der Waals surface area contributed by atoms with Crippen LogP contribution in [0.5, 0.6) is 11.5 Å². The second-order valence-electron chi connectivity index (χ2n) is 6.56. The zero-order valence-corrected chi connectivity index (χ0v) is 19.1. The zero-order valence-electron chi connectivity index (χ0n) is 17.5. The molecule has 0 aliphatic heterocycles. The maximum atomic E-state index is 11.8. The average molecular weight is 476 g/mol. The van der Waals surface area contributed by atoms with Crippen LogP contribution in [0.15, 0.2) is 47.6 Å². The van der Waals surface area contributed by atoms with Gasteiger partial charge < -0.3 is 15.2 Å². The Bertz CT molecular complexity index is 1100. The molecule has 1 heterocycles. The highest BCUT2D eigenvalue weighted by Gasteiger charge is 2.17. The standard InChI is InChI=1S/C21H22ClN5O4S/c1-3-30-15-6-8-16(9-7-15)31-11-18-25-26-21(32-12-19(28)24-20(23)29)27(18)14-5-4-13(2)17(22)10-14/h4-10H,3,11-12H2,1-2H3,(H3,23,24,28,29). The molecule has 2 aromatic carbocycles. The van der Waals surface area contributed by atoms with Crippen molar-refractivity contribution in [3.63, 3.8) is 0 Å². The number of nitrogens with two attached hydrogens (primary N) is 1. The van der Waals surface area contributed by atoms with E-state index in [9.17, 15) is 9.59 Å². The molecule has 9 nitrogen and oxygen atoms in total. The van der Waals surface area contributed by atoms with Gasteiger partial charge in [0.2, 0.25) is 5.91 Å². The molecule has 3 aromatic rings. The number of imide groups is 1. The molecular weight excluding hydrogens is 454 g/mol. The molecular formula is C21H22ClN5O4S. The topological polar surface area (TPSA) is 121 Å². The quantitative estimate of drug-likeness (QED) is 0.454. The number of amides is 3. The molecule has 0 unspecified atom stereocenters. The lowest BCUT2D eigenvalue weighted by Crippen LogP contribution is -2.36. The van der Waals surface area contributed by atoms with Crippen LogP contribution in [0, 0.1) is 6.92 Å². The number of halogens is 1. The van der Waals surface area contributed by atoms with Gasteiger partial charge in [-0.05, 0) is 55.8 Å². The molecule has 32 heavy (non-hydrogen) atoms. The van der Waals surface area contributed by atoms with Gasteiger partial charge >= 0.3 is 6.03 Å². The number of hydrogen-bond acceptors (Lipinski definition) is 7. The second-order valence-corrected chi connectivity index (χ2v) is 7.91. The van der Waals surface area contributed by atoms with Crippen molar-refractivity contribution < 1.29 is 19.1 Å². The Morgan fingerprint density at radius 2 is 1.81 bits per heavy atom. The van der Waals surface area contributed by atoms with Crippen LogP contribution >= 0.6 is 23.4 Å². The van der Waals surface area contributed by atoms with Gasteiger partial charge in [-0.1, -0.05) is 29.4 Å². The van der Waals surface area contributed by atoms with E-state index in [1.54, 1.807) is 22.8 Å². The third kappa shape index (κ3) is 6.14. The van der Waals surface area contributed by atoms with Crippen molar-refractivity contribution in [2.24, 2.45) is 5.73 Å². The number of ether oxygens (including phenoxy) is 2. The first-order valence-corrected chi connectivity index (χ1v) is 11.0. The summed E-state index contributed by atoms with van der Waals surface area (Å²) in [6.45, 7) is 4.53. The highest BCUT2D eigenvalue weighted by molar-refractivity contribution is 7.99. The third-order valence-electron chi connectivity index (χ3n) is 4.21. The van der Waals surface area contributed by atoms with E-state index in [2.05, 4.69) is 10.2 Å². The number of benzene rings is 2. The van der Waals surface area contributed by atoms with Gasteiger partial charge in [0, 0.05) is 5.02 Å². The van der Waals surface area contributed by atoms with E-state index in [4.69, 9.17) is 26.8 Å². The first-order chi connectivity index (χ1) is 15.4. The fourth-order valence-corrected chi connectivity index (χ4v) is 3.66. The number of nitrogens with one attached hydrogen (secondary N) is 1. The van der Waals surface area contributed by atoms with Gasteiger partial charge in [0.05, 0.1) is 18.0 Å². The summed E-state index contributed by atoms with van der Waals surface area (Å²) in [4.78, 5) is 22.7. The molecule has 0 saturated heterocycles. The Hall–Kier alpha value is -3.24. The predicted molar refractivity (Wildman–Crippen MR) is 121 cm³/mol. The highest BCUT2D eigenvalue weighted by atomic mass is 35.5. The molecule has 0 saturated carbocycles. The van der Waals surface area contributed by atoms with Crippen molar-refractivity contribution in [3.05, 3.63) is 58.9 Å². The maximum Gasteiger partial charge on any atom is 0.318 e. The molecule has 3 N–H and O–H groups in total. The van der Waals surface area contributed by atoms with E-state index < -0.39 is 11.9 Å². The molecule has 0 spiro atoms. The smallest absolute Gasteiger partial charge is 0.318 e. The Morgan fingerprint density at radius 1 is 1.12 bits per heavy atom. The van der Waals surface area contributed by atoms with Crippen molar-refractivity contribution in [1.29, 1.82) is 0 Å². The van der Waals surface area contributed by atoms with Crippen LogP contribution in [-0.4, -0.2) is 39.1 Å². The monoisotopic (exact) mass is 475 g/mol. The van der Waals surface area contributed by atoms with Gasteiger partial charge in [0.1, 0.15) is 18.1 Å². The number of rotatable bonds is 9. The minimum atomic E-state index is -0.910. The van der Waals surface area contributed by atoms with Gasteiger partial charge in [0.25, 0.3) is 0 Å². The molecule has 3 amide bonds. The van der Waals surface area contributed by atoms with Crippen molar-refractivity contribution in [1.82, 2.24) is 20.1 Å². The molecule has 0 bridgehead atoms. The third-order valence-corrected chi connectivity index (χ3v) is 5.55. The summed E-state index contributed by atoms with van der Waals surface area (Å²) >= 11 is 7.42. The van der Waals surface area contributed by atoms with Crippen LogP contribution in [0.25, 0.3) is 5.69 Å². The molecule has 1 aromatic heterocycles. The maximum absolute atomic E-state index is 11.8.